The number of carbonyl (C=O) groups is 2. The minimum absolute atomic E-state index is 0.0858. The number of nitrogens with one attached hydrogen (secondary N) is 1. The van der Waals surface area contributed by atoms with Crippen LogP contribution in [0.4, 0.5) is 10.8 Å². The van der Waals surface area contributed by atoms with E-state index in [1.54, 1.807) is 4.90 Å². The first kappa shape index (κ1) is 19.6. The van der Waals surface area contributed by atoms with Gasteiger partial charge in [-0.3, -0.25) is 14.5 Å². The van der Waals surface area contributed by atoms with Crippen LogP contribution in [0.2, 0.25) is 0 Å². The lowest BCUT2D eigenvalue weighted by Gasteiger charge is -2.13. The lowest BCUT2D eigenvalue weighted by molar-refractivity contribution is -0.128. The molecule has 0 aliphatic carbocycles. The molecule has 0 spiro atoms. The highest BCUT2D eigenvalue weighted by Crippen LogP contribution is 2.34. The van der Waals surface area contributed by atoms with E-state index in [9.17, 15) is 9.59 Å². The summed E-state index contributed by atoms with van der Waals surface area (Å²) in [7, 11) is 0. The van der Waals surface area contributed by atoms with Crippen molar-refractivity contribution in [1.82, 2.24) is 9.88 Å². The number of aliphatic imine (C=N–C) groups is 1. The van der Waals surface area contributed by atoms with Crippen molar-refractivity contribution in [2.24, 2.45) is 4.99 Å². The van der Waals surface area contributed by atoms with E-state index in [0.29, 0.717) is 16.8 Å². The summed E-state index contributed by atoms with van der Waals surface area (Å²) in [5, 5.41) is 3.64. The second-order valence-electron chi connectivity index (χ2n) is 6.61. The summed E-state index contributed by atoms with van der Waals surface area (Å²) < 4.78 is 1.05. The molecule has 2 heterocycles. The summed E-state index contributed by atoms with van der Waals surface area (Å²) in [6, 6.07) is 15.4. The van der Waals surface area contributed by atoms with E-state index in [1.807, 2.05) is 62.4 Å². The fourth-order valence-corrected chi connectivity index (χ4v) is 5.19. The third kappa shape index (κ3) is 4.18. The molecule has 1 saturated heterocycles. The Hall–Kier alpha value is -2.71. The number of hydrogen-bond acceptors (Lipinski definition) is 6. The maximum atomic E-state index is 12.8. The summed E-state index contributed by atoms with van der Waals surface area (Å²) in [4.78, 5) is 36.1. The van der Waals surface area contributed by atoms with Crippen LogP contribution in [0.5, 0.6) is 0 Å². The number of fused-ring (bicyclic) bond motifs is 1. The molecule has 1 aliphatic rings. The molecule has 2 amide bonds. The van der Waals surface area contributed by atoms with Gasteiger partial charge in [-0.15, -0.1) is 0 Å². The van der Waals surface area contributed by atoms with Crippen molar-refractivity contribution in [2.45, 2.75) is 25.5 Å². The van der Waals surface area contributed by atoms with Gasteiger partial charge in [-0.1, -0.05) is 53.4 Å². The second-order valence-corrected chi connectivity index (χ2v) is 8.79. The number of anilines is 1. The van der Waals surface area contributed by atoms with Gasteiger partial charge in [-0.05, 0) is 37.6 Å². The number of nitrogens with zero attached hydrogens (tertiary/aromatic N) is 3. The number of amidine groups is 1. The maximum Gasteiger partial charge on any atom is 0.242 e. The first-order valence-corrected chi connectivity index (χ1v) is 11.0. The Morgan fingerprint density at radius 1 is 1.21 bits per heavy atom. The fourth-order valence-electron chi connectivity index (χ4n) is 3.09. The van der Waals surface area contributed by atoms with Crippen LogP contribution in [0.15, 0.2) is 53.5 Å². The van der Waals surface area contributed by atoms with Gasteiger partial charge in [0.2, 0.25) is 16.9 Å². The molecule has 1 aliphatic heterocycles. The SMILES string of the molecule is CCN1C(=O)C(CC(=O)Nc2ccccc2C)SC1=Nc1nc2ccccc2s1. The van der Waals surface area contributed by atoms with Crippen LogP contribution in [0, 0.1) is 6.92 Å². The molecule has 0 radical (unpaired) electrons. The number of para-hydroxylation sites is 2. The topological polar surface area (TPSA) is 74.7 Å². The van der Waals surface area contributed by atoms with Crippen LogP contribution >= 0.6 is 23.1 Å². The van der Waals surface area contributed by atoms with Gasteiger partial charge in [0.15, 0.2) is 5.17 Å². The van der Waals surface area contributed by atoms with Crippen LogP contribution in [-0.4, -0.2) is 38.7 Å². The smallest absolute Gasteiger partial charge is 0.242 e. The standard InChI is InChI=1S/C21H20N4O2S2/c1-3-25-19(27)17(12-18(26)22-14-9-5-4-8-13(14)2)29-21(25)24-20-23-15-10-6-7-11-16(15)28-20/h4-11,17H,3,12H2,1-2H3,(H,22,26). The number of amides is 2. The zero-order valence-corrected chi connectivity index (χ0v) is 17.7. The molecule has 1 atom stereocenters. The average molecular weight is 425 g/mol. The van der Waals surface area contributed by atoms with Crippen molar-refractivity contribution in [1.29, 1.82) is 0 Å². The van der Waals surface area contributed by atoms with Crippen LogP contribution in [0.3, 0.4) is 0 Å². The minimum Gasteiger partial charge on any atom is -0.326 e. The number of carbonyl (C=O) groups excluding carboxylic acids is 2. The third-order valence-electron chi connectivity index (χ3n) is 4.60. The van der Waals surface area contributed by atoms with Crippen molar-refractivity contribution in [2.75, 3.05) is 11.9 Å². The van der Waals surface area contributed by atoms with Crippen LogP contribution < -0.4 is 5.32 Å². The zero-order valence-electron chi connectivity index (χ0n) is 16.1. The van der Waals surface area contributed by atoms with Crippen LogP contribution in [0.1, 0.15) is 18.9 Å². The van der Waals surface area contributed by atoms with Crippen molar-refractivity contribution >= 4 is 61.1 Å². The van der Waals surface area contributed by atoms with Crippen LogP contribution in [0.25, 0.3) is 10.2 Å². The first-order valence-electron chi connectivity index (χ1n) is 9.33. The molecule has 148 valence electrons. The van der Waals surface area contributed by atoms with E-state index in [1.165, 1.54) is 23.1 Å². The number of aryl methyl sites for hydroxylation is 1. The van der Waals surface area contributed by atoms with Gasteiger partial charge < -0.3 is 5.32 Å². The monoisotopic (exact) mass is 424 g/mol. The summed E-state index contributed by atoms with van der Waals surface area (Å²) in [6.45, 7) is 4.35. The molecule has 0 bridgehead atoms. The Balaban J connectivity index is 1.50. The first-order chi connectivity index (χ1) is 14.0. The predicted molar refractivity (Wildman–Crippen MR) is 120 cm³/mol. The van der Waals surface area contributed by atoms with E-state index >= 15 is 0 Å². The van der Waals surface area contributed by atoms with E-state index in [-0.39, 0.29) is 18.2 Å². The number of rotatable bonds is 5. The van der Waals surface area contributed by atoms with Crippen LogP contribution in [-0.2, 0) is 9.59 Å². The number of thiazole rings is 1. The Morgan fingerprint density at radius 2 is 1.97 bits per heavy atom. The minimum atomic E-state index is -0.480. The molecule has 6 nitrogen and oxygen atoms in total. The lowest BCUT2D eigenvalue weighted by atomic mass is 10.2. The normalized spacial score (nSPS) is 18.0. The van der Waals surface area contributed by atoms with Gasteiger partial charge in [0.1, 0.15) is 5.25 Å². The highest BCUT2D eigenvalue weighted by Gasteiger charge is 2.38. The Bertz CT molecular complexity index is 1080. The maximum absolute atomic E-state index is 12.8. The van der Waals surface area contributed by atoms with Gasteiger partial charge in [0.05, 0.1) is 10.2 Å². The molecular weight excluding hydrogens is 404 g/mol. The van der Waals surface area contributed by atoms with Crippen molar-refractivity contribution in [3.8, 4) is 0 Å². The molecule has 8 heteroatoms. The number of aromatic nitrogens is 1. The van der Waals surface area contributed by atoms with Gasteiger partial charge in [0, 0.05) is 18.7 Å². The molecule has 1 unspecified atom stereocenters. The van der Waals surface area contributed by atoms with E-state index in [2.05, 4.69) is 15.3 Å². The zero-order chi connectivity index (χ0) is 20.4. The van der Waals surface area contributed by atoms with E-state index < -0.39 is 5.25 Å². The Morgan fingerprint density at radius 3 is 2.72 bits per heavy atom. The molecule has 2 aromatic carbocycles. The average Bonchev–Trinajstić information content (AvgIpc) is 3.24. The second kappa shape index (κ2) is 8.34. The summed E-state index contributed by atoms with van der Waals surface area (Å²) in [5.74, 6) is -0.264. The molecule has 4 rings (SSSR count). The van der Waals surface area contributed by atoms with Crippen molar-refractivity contribution in [3.63, 3.8) is 0 Å². The van der Waals surface area contributed by atoms with Gasteiger partial charge >= 0.3 is 0 Å². The van der Waals surface area contributed by atoms with E-state index in [4.69, 9.17) is 0 Å². The largest absolute Gasteiger partial charge is 0.326 e. The highest BCUT2D eigenvalue weighted by atomic mass is 32.2. The van der Waals surface area contributed by atoms with Gasteiger partial charge in [-0.25, -0.2) is 4.98 Å². The third-order valence-corrected chi connectivity index (χ3v) is 6.71. The molecule has 1 fully saturated rings. The lowest BCUT2D eigenvalue weighted by Crippen LogP contribution is -2.33. The number of thioether (sulfide) groups is 1. The number of benzene rings is 2. The Kier molecular flexibility index (Phi) is 5.64. The summed E-state index contributed by atoms with van der Waals surface area (Å²) in [6.07, 6.45) is 0.104. The fraction of sp³-hybridized carbons (Fsp3) is 0.238. The van der Waals surface area contributed by atoms with Crippen molar-refractivity contribution < 1.29 is 9.59 Å². The molecule has 0 saturated carbocycles. The highest BCUT2D eigenvalue weighted by molar-refractivity contribution is 8.15. The number of hydrogen-bond donors (Lipinski definition) is 1. The van der Waals surface area contributed by atoms with Crippen molar-refractivity contribution in [3.05, 3.63) is 54.1 Å². The molecule has 1 aromatic heterocycles. The predicted octanol–water partition coefficient (Wildman–Crippen LogP) is 4.58. The van der Waals surface area contributed by atoms with Gasteiger partial charge in [0.25, 0.3) is 0 Å². The van der Waals surface area contributed by atoms with Gasteiger partial charge in [-0.2, -0.15) is 4.99 Å². The van der Waals surface area contributed by atoms with E-state index in [0.717, 1.165) is 21.5 Å². The molecular formula is C21H20N4O2S2. The quantitative estimate of drug-likeness (QED) is 0.650. The summed E-state index contributed by atoms with van der Waals surface area (Å²) >= 11 is 2.82. The summed E-state index contributed by atoms with van der Waals surface area (Å²) in [5.41, 5.74) is 2.64. The molecule has 29 heavy (non-hydrogen) atoms. The molecule has 3 aromatic rings. The molecule has 1 N–H and O–H groups in total. The Labute approximate surface area is 177 Å².